The zero-order valence-electron chi connectivity index (χ0n) is 20.2. The van der Waals surface area contributed by atoms with Gasteiger partial charge in [-0.2, -0.15) is 13.2 Å². The molecule has 5 aromatic rings. The average Bonchev–Trinajstić information content (AvgIpc) is 2.89. The van der Waals surface area contributed by atoms with Gasteiger partial charge in [-0.15, -0.1) is 0 Å². The Morgan fingerprint density at radius 1 is 1.00 bits per heavy atom. The van der Waals surface area contributed by atoms with E-state index >= 15 is 0 Å². The number of nitrogen functional groups attached to an aromatic ring is 1. The normalized spacial score (nSPS) is 11.5. The number of alkyl halides is 3. The molecule has 2 aromatic heterocycles. The number of pyridine rings is 1. The largest absolute Gasteiger partial charge is 0.507 e. The van der Waals surface area contributed by atoms with Crippen LogP contribution in [0.1, 0.15) is 21.5 Å². The van der Waals surface area contributed by atoms with Crippen molar-refractivity contribution in [2.24, 2.45) is 0 Å². The molecule has 11 heteroatoms. The number of hydrogen-bond donors (Lipinski definition) is 3. The number of carbonyl (C=O) groups is 1. The van der Waals surface area contributed by atoms with Gasteiger partial charge in [0.2, 0.25) is 5.95 Å². The first-order chi connectivity index (χ1) is 18.5. The highest BCUT2D eigenvalue weighted by Crippen LogP contribution is 2.44. The van der Waals surface area contributed by atoms with Gasteiger partial charge in [-0.3, -0.25) is 4.79 Å². The maximum atomic E-state index is 13.1. The van der Waals surface area contributed by atoms with E-state index < -0.39 is 17.6 Å². The minimum Gasteiger partial charge on any atom is -0.507 e. The van der Waals surface area contributed by atoms with Gasteiger partial charge in [0.1, 0.15) is 11.6 Å². The predicted octanol–water partition coefficient (Wildman–Crippen LogP) is 6.88. The molecule has 0 saturated carbocycles. The first-order valence-electron chi connectivity index (χ1n) is 11.5. The van der Waals surface area contributed by atoms with Crippen molar-refractivity contribution in [3.05, 3.63) is 94.8 Å². The molecular formula is C28H19ClF3N5O2. The minimum absolute atomic E-state index is 0.0305. The lowest BCUT2D eigenvalue weighted by Crippen LogP contribution is -2.14. The minimum atomic E-state index is -4.58. The lowest BCUT2D eigenvalue weighted by Gasteiger charge is -2.16. The molecule has 4 N–H and O–H groups in total. The number of halogens is 4. The van der Waals surface area contributed by atoms with Crippen LogP contribution in [0.5, 0.6) is 5.75 Å². The van der Waals surface area contributed by atoms with Crippen molar-refractivity contribution in [3.8, 4) is 28.0 Å². The lowest BCUT2D eigenvalue weighted by molar-refractivity contribution is -0.137. The molecule has 0 fully saturated rings. The van der Waals surface area contributed by atoms with Crippen LogP contribution >= 0.6 is 11.6 Å². The van der Waals surface area contributed by atoms with E-state index in [1.165, 1.54) is 12.3 Å². The zero-order chi connectivity index (χ0) is 27.9. The van der Waals surface area contributed by atoms with Gasteiger partial charge < -0.3 is 16.2 Å². The van der Waals surface area contributed by atoms with Crippen LogP contribution in [-0.2, 0) is 6.18 Å². The Morgan fingerprint density at radius 2 is 1.74 bits per heavy atom. The summed E-state index contributed by atoms with van der Waals surface area (Å²) < 4.78 is 39.2. The smallest absolute Gasteiger partial charge is 0.416 e. The zero-order valence-corrected chi connectivity index (χ0v) is 21.0. The van der Waals surface area contributed by atoms with Crippen LogP contribution in [-0.4, -0.2) is 26.0 Å². The number of fused-ring (bicyclic) bond motifs is 1. The number of nitrogens with zero attached hydrogens (tertiary/aromatic N) is 3. The average molecular weight is 550 g/mol. The molecule has 0 aliphatic heterocycles. The van der Waals surface area contributed by atoms with Gasteiger partial charge in [-0.05, 0) is 66.1 Å². The van der Waals surface area contributed by atoms with Crippen molar-refractivity contribution in [2.75, 3.05) is 11.1 Å². The fraction of sp³-hybridized carbons (Fsp3) is 0.0714. The molecule has 0 aliphatic rings. The number of nitrogens with one attached hydrogen (secondary N) is 1. The molecule has 3 aromatic carbocycles. The third kappa shape index (κ3) is 5.19. The molecule has 0 saturated heterocycles. The predicted molar refractivity (Wildman–Crippen MR) is 143 cm³/mol. The van der Waals surface area contributed by atoms with Crippen LogP contribution < -0.4 is 11.1 Å². The van der Waals surface area contributed by atoms with Gasteiger partial charge in [0.25, 0.3) is 5.91 Å². The number of aromatic hydroxyl groups is 1. The SMILES string of the molecule is Cc1ccc(C(=O)Nc2cc(C(F)(F)F)ccn2)cc1-c1cc2cnc(N)nc2c(-c2ccc(Cl)cc2)c1O. The molecule has 0 radical (unpaired) electrons. The highest BCUT2D eigenvalue weighted by Gasteiger charge is 2.31. The lowest BCUT2D eigenvalue weighted by atomic mass is 9.91. The summed E-state index contributed by atoms with van der Waals surface area (Å²) in [6.45, 7) is 1.80. The first-order valence-corrected chi connectivity index (χ1v) is 11.9. The molecule has 5 rings (SSSR count). The number of phenolic OH excluding ortho intramolecular Hbond substituents is 1. The highest BCUT2D eigenvalue weighted by atomic mass is 35.5. The van der Waals surface area contributed by atoms with Crippen LogP contribution in [0, 0.1) is 6.92 Å². The Bertz CT molecular complexity index is 1740. The number of nitrogens with two attached hydrogens (primary N) is 1. The van der Waals surface area contributed by atoms with Gasteiger partial charge in [0.15, 0.2) is 0 Å². The molecule has 196 valence electrons. The summed E-state index contributed by atoms with van der Waals surface area (Å²) in [6.07, 6.45) is -2.08. The Kier molecular flexibility index (Phi) is 6.57. The van der Waals surface area contributed by atoms with Gasteiger partial charge in [0, 0.05) is 33.9 Å². The quantitative estimate of drug-likeness (QED) is 0.225. The summed E-state index contributed by atoms with van der Waals surface area (Å²) in [7, 11) is 0. The number of aromatic nitrogens is 3. The van der Waals surface area contributed by atoms with Crippen molar-refractivity contribution in [2.45, 2.75) is 13.1 Å². The highest BCUT2D eigenvalue weighted by molar-refractivity contribution is 6.30. The second kappa shape index (κ2) is 9.88. The third-order valence-corrected chi connectivity index (χ3v) is 6.37. The molecule has 7 nitrogen and oxygen atoms in total. The number of anilines is 2. The molecular weight excluding hydrogens is 531 g/mol. The monoisotopic (exact) mass is 549 g/mol. The Labute approximate surface area is 225 Å². The van der Waals surface area contributed by atoms with Gasteiger partial charge >= 0.3 is 6.18 Å². The van der Waals surface area contributed by atoms with E-state index in [4.69, 9.17) is 17.3 Å². The maximum absolute atomic E-state index is 13.1. The van der Waals surface area contributed by atoms with E-state index in [9.17, 15) is 23.1 Å². The summed E-state index contributed by atoms with van der Waals surface area (Å²) in [5, 5.41) is 15.0. The van der Waals surface area contributed by atoms with E-state index in [0.29, 0.717) is 38.2 Å². The first kappa shape index (κ1) is 25.9. The van der Waals surface area contributed by atoms with Crippen molar-refractivity contribution in [1.29, 1.82) is 0 Å². The number of carbonyl (C=O) groups excluding carboxylic acids is 1. The van der Waals surface area contributed by atoms with Crippen LogP contribution in [0.25, 0.3) is 33.2 Å². The molecule has 0 aliphatic carbocycles. The van der Waals surface area contributed by atoms with Crippen molar-refractivity contribution < 1.29 is 23.1 Å². The summed E-state index contributed by atoms with van der Waals surface area (Å²) in [5.74, 6) is -0.992. The molecule has 2 heterocycles. The summed E-state index contributed by atoms with van der Waals surface area (Å²) in [4.78, 5) is 25.2. The molecule has 0 atom stereocenters. The topological polar surface area (TPSA) is 114 Å². The molecule has 0 bridgehead atoms. The number of phenols is 1. The summed E-state index contributed by atoms with van der Waals surface area (Å²) in [6, 6.07) is 14.8. The molecule has 39 heavy (non-hydrogen) atoms. The Balaban J connectivity index is 1.61. The number of amides is 1. The van der Waals surface area contributed by atoms with Gasteiger partial charge in [-0.1, -0.05) is 29.8 Å². The van der Waals surface area contributed by atoms with Crippen LogP contribution in [0.4, 0.5) is 24.9 Å². The molecule has 0 unspecified atom stereocenters. The number of benzene rings is 3. The second-order valence-corrected chi connectivity index (χ2v) is 9.17. The van der Waals surface area contributed by atoms with Crippen LogP contribution in [0.2, 0.25) is 5.02 Å². The fourth-order valence-corrected chi connectivity index (χ4v) is 4.32. The van der Waals surface area contributed by atoms with Crippen molar-refractivity contribution in [1.82, 2.24) is 15.0 Å². The van der Waals surface area contributed by atoms with Crippen LogP contribution in [0.3, 0.4) is 0 Å². The number of aryl methyl sites for hydroxylation is 1. The van der Waals surface area contributed by atoms with Crippen LogP contribution in [0.15, 0.2) is 73.1 Å². The van der Waals surface area contributed by atoms with Gasteiger partial charge in [-0.25, -0.2) is 15.0 Å². The summed E-state index contributed by atoms with van der Waals surface area (Å²) >= 11 is 6.06. The number of rotatable bonds is 4. The van der Waals surface area contributed by atoms with Crippen molar-refractivity contribution in [3.63, 3.8) is 0 Å². The van der Waals surface area contributed by atoms with E-state index in [1.54, 1.807) is 49.4 Å². The van der Waals surface area contributed by atoms with E-state index in [-0.39, 0.29) is 23.1 Å². The van der Waals surface area contributed by atoms with E-state index in [0.717, 1.165) is 23.9 Å². The molecule has 1 amide bonds. The fourth-order valence-electron chi connectivity index (χ4n) is 4.19. The maximum Gasteiger partial charge on any atom is 0.416 e. The molecule has 0 spiro atoms. The van der Waals surface area contributed by atoms with Crippen molar-refractivity contribution >= 4 is 40.2 Å². The number of hydrogen-bond acceptors (Lipinski definition) is 6. The van der Waals surface area contributed by atoms with E-state index in [2.05, 4.69) is 20.3 Å². The second-order valence-electron chi connectivity index (χ2n) is 8.73. The third-order valence-electron chi connectivity index (χ3n) is 6.12. The van der Waals surface area contributed by atoms with Gasteiger partial charge in [0.05, 0.1) is 16.6 Å². The summed E-state index contributed by atoms with van der Waals surface area (Å²) in [5.41, 5.74) is 8.14. The Morgan fingerprint density at radius 3 is 2.46 bits per heavy atom. The standard InChI is InChI=1S/C28H19ClF3N5O2/c1-14-2-3-16(26(39)36-22-12-18(8-9-34-22)28(30,31)32)10-20(14)21-11-17-13-35-27(33)37-24(17)23(25(21)38)15-4-6-19(29)7-5-15/h2-13,38H,1H3,(H2,33,35,37)(H,34,36,39). The Hall–Kier alpha value is -4.70. The van der Waals surface area contributed by atoms with E-state index in [1.807, 2.05) is 0 Å².